The van der Waals surface area contributed by atoms with Gasteiger partial charge < -0.3 is 4.90 Å². The molecule has 2 aliphatic rings. The molecule has 6 nitrogen and oxygen atoms in total. The van der Waals surface area contributed by atoms with Crippen molar-refractivity contribution in [1.82, 2.24) is 24.6 Å². The normalized spacial score (nSPS) is 23.8. The second kappa shape index (κ2) is 6.77. The Morgan fingerprint density at radius 3 is 2.55 bits per heavy atom. The Bertz CT molecular complexity index is 510. The zero-order valence-electron chi connectivity index (χ0n) is 13.7. The van der Waals surface area contributed by atoms with Gasteiger partial charge in [0.05, 0.1) is 6.54 Å². The molecule has 0 bridgehead atoms. The molecule has 6 heteroatoms. The van der Waals surface area contributed by atoms with Crippen LogP contribution in [-0.4, -0.2) is 55.6 Å². The predicted molar refractivity (Wildman–Crippen MR) is 84.1 cm³/mol. The third kappa shape index (κ3) is 3.32. The van der Waals surface area contributed by atoms with Crippen LogP contribution in [0, 0.1) is 0 Å². The summed E-state index contributed by atoms with van der Waals surface area (Å²) in [5.41, 5.74) is 0. The number of carbonyl (C=O) groups excluding carboxylic acids is 1. The fourth-order valence-electron chi connectivity index (χ4n) is 3.72. The molecule has 1 aliphatic carbocycles. The number of hydrogen-bond acceptors (Lipinski definition) is 4. The van der Waals surface area contributed by atoms with Crippen LogP contribution in [0.2, 0.25) is 0 Å². The topological polar surface area (TPSA) is 54.3 Å². The van der Waals surface area contributed by atoms with Gasteiger partial charge in [-0.05, 0) is 45.1 Å². The monoisotopic (exact) mass is 305 g/mol. The molecule has 2 fully saturated rings. The van der Waals surface area contributed by atoms with Crippen LogP contribution in [0.15, 0.2) is 6.33 Å². The van der Waals surface area contributed by atoms with Crippen molar-refractivity contribution in [1.29, 1.82) is 0 Å². The number of rotatable bonds is 4. The number of hydrogen-bond donors (Lipinski definition) is 0. The highest BCUT2D eigenvalue weighted by atomic mass is 16.2. The molecular formula is C16H27N5O. The van der Waals surface area contributed by atoms with E-state index in [9.17, 15) is 4.79 Å². The third-order valence-corrected chi connectivity index (χ3v) is 5.19. The van der Waals surface area contributed by atoms with Gasteiger partial charge in [-0.1, -0.05) is 0 Å². The molecule has 0 radical (unpaired) electrons. The van der Waals surface area contributed by atoms with Gasteiger partial charge in [0.15, 0.2) is 0 Å². The molecule has 122 valence electrons. The molecule has 1 amide bonds. The summed E-state index contributed by atoms with van der Waals surface area (Å²) >= 11 is 0. The van der Waals surface area contributed by atoms with E-state index in [1.165, 1.54) is 19.3 Å². The molecule has 1 aromatic rings. The van der Waals surface area contributed by atoms with Crippen molar-refractivity contribution in [3.63, 3.8) is 0 Å². The second-order valence-electron chi connectivity index (χ2n) is 6.67. The lowest BCUT2D eigenvalue weighted by atomic mass is 9.89. The molecule has 0 unspecified atom stereocenters. The van der Waals surface area contributed by atoms with Gasteiger partial charge in [0.1, 0.15) is 12.2 Å². The summed E-state index contributed by atoms with van der Waals surface area (Å²) in [5, 5.41) is 4.14. The average Bonchev–Trinajstić information content (AvgIpc) is 2.70. The predicted octanol–water partition coefficient (Wildman–Crippen LogP) is 1.57. The zero-order chi connectivity index (χ0) is 15.5. The van der Waals surface area contributed by atoms with Crippen molar-refractivity contribution < 1.29 is 4.79 Å². The molecule has 0 spiro atoms. The molecule has 0 aromatic carbocycles. The maximum Gasteiger partial charge on any atom is 0.219 e. The molecule has 1 aliphatic heterocycles. The lowest BCUT2D eigenvalue weighted by Gasteiger charge is -2.42. The Labute approximate surface area is 132 Å². The van der Waals surface area contributed by atoms with Crippen LogP contribution in [0.3, 0.4) is 0 Å². The number of aryl methyl sites for hydroxylation is 1. The van der Waals surface area contributed by atoms with Gasteiger partial charge >= 0.3 is 0 Å². The van der Waals surface area contributed by atoms with Crippen LogP contribution in [0.25, 0.3) is 0 Å². The molecule has 1 saturated heterocycles. The fraction of sp³-hybridized carbons (Fsp3) is 0.812. The minimum Gasteiger partial charge on any atom is -0.337 e. The van der Waals surface area contributed by atoms with Gasteiger partial charge in [-0.15, -0.1) is 0 Å². The van der Waals surface area contributed by atoms with Gasteiger partial charge in [-0.3, -0.25) is 14.4 Å². The van der Waals surface area contributed by atoms with Gasteiger partial charge in [0, 0.05) is 32.6 Å². The third-order valence-electron chi connectivity index (χ3n) is 5.19. The van der Waals surface area contributed by atoms with Crippen molar-refractivity contribution in [2.24, 2.45) is 7.05 Å². The Morgan fingerprint density at radius 1 is 1.23 bits per heavy atom. The number of aromatic nitrogens is 3. The second-order valence-corrected chi connectivity index (χ2v) is 6.67. The minimum atomic E-state index is 0.261. The van der Waals surface area contributed by atoms with Crippen molar-refractivity contribution in [3.05, 3.63) is 12.2 Å². The quantitative estimate of drug-likeness (QED) is 0.847. The summed E-state index contributed by atoms with van der Waals surface area (Å²) < 4.78 is 1.85. The lowest BCUT2D eigenvalue weighted by Crippen LogP contribution is -2.49. The van der Waals surface area contributed by atoms with E-state index in [2.05, 4.69) is 19.9 Å². The number of amides is 1. The highest BCUT2D eigenvalue weighted by Gasteiger charge is 2.33. The fourth-order valence-corrected chi connectivity index (χ4v) is 3.72. The summed E-state index contributed by atoms with van der Waals surface area (Å²) in [5.74, 6) is 1.28. The van der Waals surface area contributed by atoms with E-state index in [-0.39, 0.29) is 5.91 Å². The molecule has 22 heavy (non-hydrogen) atoms. The first-order valence-electron chi connectivity index (χ1n) is 8.49. The van der Waals surface area contributed by atoms with E-state index in [0.29, 0.717) is 12.1 Å². The maximum absolute atomic E-state index is 12.1. The van der Waals surface area contributed by atoms with Gasteiger partial charge in [0.25, 0.3) is 0 Å². The van der Waals surface area contributed by atoms with E-state index >= 15 is 0 Å². The van der Waals surface area contributed by atoms with Crippen LogP contribution >= 0.6 is 0 Å². The van der Waals surface area contributed by atoms with Gasteiger partial charge in [0.2, 0.25) is 5.91 Å². The Balaban J connectivity index is 1.59. The molecule has 0 N–H and O–H groups in total. The van der Waals surface area contributed by atoms with Crippen molar-refractivity contribution >= 4 is 5.91 Å². The molecular weight excluding hydrogens is 278 g/mol. The lowest BCUT2D eigenvalue weighted by molar-refractivity contribution is -0.136. The first kappa shape index (κ1) is 15.5. The minimum absolute atomic E-state index is 0.261. The smallest absolute Gasteiger partial charge is 0.219 e. The summed E-state index contributed by atoms with van der Waals surface area (Å²) in [4.78, 5) is 21.0. The largest absolute Gasteiger partial charge is 0.337 e. The van der Waals surface area contributed by atoms with Crippen LogP contribution in [0.1, 0.15) is 51.3 Å². The van der Waals surface area contributed by atoms with Crippen molar-refractivity contribution in [2.75, 3.05) is 13.1 Å². The average molecular weight is 305 g/mol. The highest BCUT2D eigenvalue weighted by Crippen LogP contribution is 2.30. The number of nitrogens with zero attached hydrogens (tertiary/aromatic N) is 5. The van der Waals surface area contributed by atoms with Crippen LogP contribution in [-0.2, 0) is 18.4 Å². The van der Waals surface area contributed by atoms with Crippen molar-refractivity contribution in [2.45, 2.75) is 64.1 Å². The van der Waals surface area contributed by atoms with E-state index in [1.807, 2.05) is 11.7 Å². The van der Waals surface area contributed by atoms with Crippen molar-refractivity contribution in [3.8, 4) is 0 Å². The SMILES string of the molecule is CC(=O)N(C1CCC1)[C@H]1CCCN(Cc2ncnn2C)CC1. The molecule has 1 saturated carbocycles. The Morgan fingerprint density at radius 2 is 1.95 bits per heavy atom. The maximum atomic E-state index is 12.1. The van der Waals surface area contributed by atoms with E-state index in [4.69, 9.17) is 0 Å². The summed E-state index contributed by atoms with van der Waals surface area (Å²) in [6.07, 6.45) is 8.64. The van der Waals surface area contributed by atoms with Crippen LogP contribution < -0.4 is 0 Å². The van der Waals surface area contributed by atoms with Gasteiger partial charge in [-0.25, -0.2) is 4.98 Å². The summed E-state index contributed by atoms with van der Waals surface area (Å²) in [7, 11) is 1.94. The van der Waals surface area contributed by atoms with E-state index in [1.54, 1.807) is 13.3 Å². The van der Waals surface area contributed by atoms with E-state index < -0.39 is 0 Å². The van der Waals surface area contributed by atoms with Gasteiger partial charge in [-0.2, -0.15) is 5.10 Å². The summed E-state index contributed by atoms with van der Waals surface area (Å²) in [6.45, 7) is 4.71. The van der Waals surface area contributed by atoms with Crippen LogP contribution in [0.5, 0.6) is 0 Å². The number of likely N-dealkylation sites (tertiary alicyclic amines) is 1. The zero-order valence-corrected chi connectivity index (χ0v) is 13.7. The summed E-state index contributed by atoms with van der Waals surface area (Å²) in [6, 6.07) is 0.931. The Kier molecular flexibility index (Phi) is 4.76. The molecule has 2 heterocycles. The highest BCUT2D eigenvalue weighted by molar-refractivity contribution is 5.74. The van der Waals surface area contributed by atoms with Crippen LogP contribution in [0.4, 0.5) is 0 Å². The first-order valence-corrected chi connectivity index (χ1v) is 8.49. The molecule has 3 rings (SSSR count). The molecule has 1 aromatic heterocycles. The number of carbonyl (C=O) groups is 1. The first-order chi connectivity index (χ1) is 10.6. The van der Waals surface area contributed by atoms with E-state index in [0.717, 1.165) is 44.7 Å². The molecule has 1 atom stereocenters. The standard InChI is InChI=1S/C16H27N5O/c1-13(22)21(14-5-3-6-14)15-7-4-9-20(10-8-15)11-16-17-12-18-19(16)2/h12,14-15H,3-11H2,1-2H3/t15-/m0/s1. The Hall–Kier alpha value is -1.43.